The number of anilines is 1. The zero-order chi connectivity index (χ0) is 12.3. The summed E-state index contributed by atoms with van der Waals surface area (Å²) in [5.41, 5.74) is 5.54. The van der Waals surface area contributed by atoms with E-state index in [1.165, 1.54) is 12.8 Å². The van der Waals surface area contributed by atoms with E-state index in [2.05, 4.69) is 24.0 Å². The number of rotatable bonds is 3. The molecule has 1 saturated carbocycles. The first-order chi connectivity index (χ1) is 8.15. The predicted octanol–water partition coefficient (Wildman–Crippen LogP) is 1.92. The van der Waals surface area contributed by atoms with Crippen LogP contribution in [0.1, 0.15) is 25.7 Å². The molecule has 0 radical (unpaired) electrons. The molecule has 0 saturated heterocycles. The number of ether oxygens (including phenoxy) is 1. The third-order valence-electron chi connectivity index (χ3n) is 3.44. The minimum absolute atomic E-state index is 0.330. The largest absolute Gasteiger partial charge is 0.489 e. The van der Waals surface area contributed by atoms with Crippen LogP contribution < -0.4 is 10.5 Å². The second kappa shape index (κ2) is 5.36. The summed E-state index contributed by atoms with van der Waals surface area (Å²) in [6, 6.07) is 4.38. The van der Waals surface area contributed by atoms with Crippen LogP contribution in [0, 0.1) is 0 Å². The Morgan fingerprint density at radius 3 is 2.47 bits per heavy atom. The highest BCUT2D eigenvalue weighted by molar-refractivity contribution is 5.32. The van der Waals surface area contributed by atoms with Gasteiger partial charge in [-0.15, -0.1) is 0 Å². The molecule has 1 aromatic rings. The van der Waals surface area contributed by atoms with E-state index in [1.807, 2.05) is 6.07 Å². The van der Waals surface area contributed by atoms with Crippen molar-refractivity contribution in [2.45, 2.75) is 37.8 Å². The molecular formula is C13H21N3O. The van der Waals surface area contributed by atoms with Gasteiger partial charge in [-0.2, -0.15) is 0 Å². The lowest BCUT2D eigenvalue weighted by Crippen LogP contribution is -2.35. The molecule has 1 heterocycles. The molecule has 0 aliphatic heterocycles. The standard InChI is InChI=1S/C13H21N3O/c1-16(2)10-3-5-11(6-4-10)17-12-7-8-13(14)15-9-12/h7-11H,3-6H2,1-2H3,(H2,14,15)/t10-,11-. The molecule has 2 rings (SSSR count). The zero-order valence-electron chi connectivity index (χ0n) is 10.6. The smallest absolute Gasteiger partial charge is 0.138 e. The van der Waals surface area contributed by atoms with E-state index in [4.69, 9.17) is 10.5 Å². The zero-order valence-corrected chi connectivity index (χ0v) is 10.6. The first kappa shape index (κ1) is 12.2. The van der Waals surface area contributed by atoms with Crippen molar-refractivity contribution in [3.63, 3.8) is 0 Å². The van der Waals surface area contributed by atoms with Gasteiger partial charge in [-0.3, -0.25) is 0 Å². The minimum Gasteiger partial charge on any atom is -0.489 e. The number of nitrogens with zero attached hydrogens (tertiary/aromatic N) is 2. The van der Waals surface area contributed by atoms with Gasteiger partial charge in [0.1, 0.15) is 11.6 Å². The van der Waals surface area contributed by atoms with Gasteiger partial charge in [-0.1, -0.05) is 0 Å². The summed E-state index contributed by atoms with van der Waals surface area (Å²) in [6.45, 7) is 0. The maximum absolute atomic E-state index is 5.90. The lowest BCUT2D eigenvalue weighted by Gasteiger charge is -2.32. The summed E-state index contributed by atoms with van der Waals surface area (Å²) in [6.07, 6.45) is 6.69. The predicted molar refractivity (Wildman–Crippen MR) is 69.0 cm³/mol. The van der Waals surface area contributed by atoms with E-state index < -0.39 is 0 Å². The summed E-state index contributed by atoms with van der Waals surface area (Å²) in [5, 5.41) is 0. The van der Waals surface area contributed by atoms with E-state index in [-0.39, 0.29) is 0 Å². The fourth-order valence-electron chi connectivity index (χ4n) is 2.33. The van der Waals surface area contributed by atoms with E-state index >= 15 is 0 Å². The Kier molecular flexibility index (Phi) is 3.84. The van der Waals surface area contributed by atoms with Gasteiger partial charge in [0.15, 0.2) is 0 Å². The molecule has 0 atom stereocenters. The van der Waals surface area contributed by atoms with Crippen LogP contribution in [0.5, 0.6) is 5.75 Å². The molecule has 17 heavy (non-hydrogen) atoms. The lowest BCUT2D eigenvalue weighted by molar-refractivity contribution is 0.111. The molecule has 1 fully saturated rings. The third-order valence-corrected chi connectivity index (χ3v) is 3.44. The molecule has 0 amide bonds. The molecule has 1 aliphatic carbocycles. The van der Waals surface area contributed by atoms with Gasteiger partial charge in [0.25, 0.3) is 0 Å². The van der Waals surface area contributed by atoms with Crippen LogP contribution >= 0.6 is 0 Å². The fraction of sp³-hybridized carbons (Fsp3) is 0.615. The molecule has 2 N–H and O–H groups in total. The van der Waals surface area contributed by atoms with Gasteiger partial charge < -0.3 is 15.4 Å². The second-order valence-electron chi connectivity index (χ2n) is 4.93. The number of aromatic nitrogens is 1. The van der Waals surface area contributed by atoms with Crippen LogP contribution in [0.4, 0.5) is 5.82 Å². The molecule has 0 unspecified atom stereocenters. The number of nitrogens with two attached hydrogens (primary N) is 1. The number of pyridine rings is 1. The highest BCUT2D eigenvalue weighted by atomic mass is 16.5. The van der Waals surface area contributed by atoms with Crippen LogP contribution in [0.15, 0.2) is 18.3 Å². The maximum Gasteiger partial charge on any atom is 0.138 e. The SMILES string of the molecule is CN(C)[C@H]1CC[C@H](Oc2ccc(N)nc2)CC1. The fourth-order valence-corrected chi connectivity index (χ4v) is 2.33. The van der Waals surface area contributed by atoms with Crippen molar-refractivity contribution < 1.29 is 4.74 Å². The number of hydrogen-bond acceptors (Lipinski definition) is 4. The van der Waals surface area contributed by atoms with E-state index in [9.17, 15) is 0 Å². The van der Waals surface area contributed by atoms with E-state index in [0.717, 1.165) is 18.6 Å². The normalized spacial score (nSPS) is 24.9. The van der Waals surface area contributed by atoms with Crippen molar-refractivity contribution in [2.24, 2.45) is 0 Å². The summed E-state index contributed by atoms with van der Waals surface area (Å²) in [4.78, 5) is 6.34. The molecule has 4 heteroatoms. The molecule has 1 aromatic heterocycles. The van der Waals surface area contributed by atoms with Crippen LogP contribution in [-0.2, 0) is 0 Å². The highest BCUT2D eigenvalue weighted by Crippen LogP contribution is 2.25. The van der Waals surface area contributed by atoms with Crippen molar-refractivity contribution in [1.29, 1.82) is 0 Å². The molecular weight excluding hydrogens is 214 g/mol. The molecule has 1 aliphatic rings. The highest BCUT2D eigenvalue weighted by Gasteiger charge is 2.23. The van der Waals surface area contributed by atoms with Gasteiger partial charge in [-0.05, 0) is 51.9 Å². The average Bonchev–Trinajstić information content (AvgIpc) is 2.33. The van der Waals surface area contributed by atoms with Crippen molar-refractivity contribution in [3.8, 4) is 5.75 Å². The summed E-state index contributed by atoms with van der Waals surface area (Å²) < 4.78 is 5.90. The molecule has 94 valence electrons. The first-order valence-corrected chi connectivity index (χ1v) is 6.20. The summed E-state index contributed by atoms with van der Waals surface area (Å²) >= 11 is 0. The molecule has 4 nitrogen and oxygen atoms in total. The quantitative estimate of drug-likeness (QED) is 0.869. The summed E-state index contributed by atoms with van der Waals surface area (Å²) in [7, 11) is 4.30. The van der Waals surface area contributed by atoms with Crippen LogP contribution in [0.2, 0.25) is 0 Å². The third kappa shape index (κ3) is 3.33. The minimum atomic E-state index is 0.330. The van der Waals surface area contributed by atoms with Crippen molar-refractivity contribution in [2.75, 3.05) is 19.8 Å². The topological polar surface area (TPSA) is 51.4 Å². The van der Waals surface area contributed by atoms with Crippen molar-refractivity contribution in [1.82, 2.24) is 9.88 Å². The van der Waals surface area contributed by atoms with Crippen molar-refractivity contribution >= 4 is 5.82 Å². The van der Waals surface area contributed by atoms with Crippen LogP contribution in [0.3, 0.4) is 0 Å². The van der Waals surface area contributed by atoms with E-state index in [0.29, 0.717) is 18.0 Å². The molecule has 0 bridgehead atoms. The van der Waals surface area contributed by atoms with Gasteiger partial charge in [0, 0.05) is 6.04 Å². The first-order valence-electron chi connectivity index (χ1n) is 6.20. The number of nitrogen functional groups attached to an aromatic ring is 1. The van der Waals surface area contributed by atoms with E-state index in [1.54, 1.807) is 12.3 Å². The average molecular weight is 235 g/mol. The summed E-state index contributed by atoms with van der Waals surface area (Å²) in [5.74, 6) is 1.36. The van der Waals surface area contributed by atoms with Gasteiger partial charge in [0.05, 0.1) is 12.3 Å². The van der Waals surface area contributed by atoms with Crippen LogP contribution in [-0.4, -0.2) is 36.1 Å². The Hall–Kier alpha value is -1.29. The Bertz CT molecular complexity index is 342. The van der Waals surface area contributed by atoms with Gasteiger partial charge >= 0.3 is 0 Å². The van der Waals surface area contributed by atoms with Gasteiger partial charge in [-0.25, -0.2) is 4.98 Å². The lowest BCUT2D eigenvalue weighted by atomic mass is 9.92. The number of hydrogen-bond donors (Lipinski definition) is 1. The maximum atomic E-state index is 5.90. The molecule has 0 aromatic carbocycles. The molecule has 0 spiro atoms. The Labute approximate surface area is 103 Å². The van der Waals surface area contributed by atoms with Crippen molar-refractivity contribution in [3.05, 3.63) is 18.3 Å². The van der Waals surface area contributed by atoms with Crippen LogP contribution in [0.25, 0.3) is 0 Å². The van der Waals surface area contributed by atoms with Gasteiger partial charge in [0.2, 0.25) is 0 Å². The second-order valence-corrected chi connectivity index (χ2v) is 4.93. The Morgan fingerprint density at radius 2 is 1.94 bits per heavy atom. The Morgan fingerprint density at radius 1 is 1.24 bits per heavy atom. The Balaban J connectivity index is 1.84. The monoisotopic (exact) mass is 235 g/mol.